The van der Waals surface area contributed by atoms with Crippen LogP contribution >= 0.6 is 22.9 Å². The highest BCUT2D eigenvalue weighted by atomic mass is 35.5. The lowest BCUT2D eigenvalue weighted by Gasteiger charge is -2.26. The van der Waals surface area contributed by atoms with Gasteiger partial charge in [-0.1, -0.05) is 53.3 Å². The Hall–Kier alpha value is -2.45. The Kier molecular flexibility index (Phi) is 7.42. The zero-order valence-corrected chi connectivity index (χ0v) is 19.8. The molecule has 0 unspecified atom stereocenters. The number of hydrogen-bond acceptors (Lipinski definition) is 6. The van der Waals surface area contributed by atoms with Crippen LogP contribution in [0.4, 0.5) is 5.13 Å². The topological polar surface area (TPSA) is 63.7 Å². The van der Waals surface area contributed by atoms with E-state index in [1.165, 1.54) is 11.3 Å². The van der Waals surface area contributed by atoms with Gasteiger partial charge in [-0.15, -0.1) is 0 Å². The summed E-state index contributed by atoms with van der Waals surface area (Å²) in [5, 5.41) is 4.18. The minimum Gasteiger partial charge on any atom is -0.484 e. The summed E-state index contributed by atoms with van der Waals surface area (Å²) in [5.74, 6) is 0.373. The van der Waals surface area contributed by atoms with Gasteiger partial charge in [-0.3, -0.25) is 15.0 Å². The van der Waals surface area contributed by atoms with E-state index in [-0.39, 0.29) is 12.5 Å². The molecule has 32 heavy (non-hydrogen) atoms. The molecular weight excluding hydrogens is 446 g/mol. The Balaban J connectivity index is 1.46. The molecule has 0 spiro atoms. The fourth-order valence-electron chi connectivity index (χ4n) is 3.59. The van der Waals surface area contributed by atoms with E-state index >= 15 is 0 Å². The highest BCUT2D eigenvalue weighted by Crippen LogP contribution is 2.32. The predicted octanol–water partition coefficient (Wildman–Crippen LogP) is 4.93. The van der Waals surface area contributed by atoms with Gasteiger partial charge >= 0.3 is 0 Å². The fourth-order valence-corrected chi connectivity index (χ4v) is 4.74. The van der Waals surface area contributed by atoms with Gasteiger partial charge in [0, 0.05) is 35.1 Å². The van der Waals surface area contributed by atoms with Crippen LogP contribution in [0.15, 0.2) is 42.5 Å². The minimum atomic E-state index is -0.249. The van der Waals surface area contributed by atoms with Gasteiger partial charge < -0.3 is 9.47 Å². The number of rotatable bonds is 7. The third-order valence-corrected chi connectivity index (χ3v) is 6.79. The highest BCUT2D eigenvalue weighted by Gasteiger charge is 2.19. The number of carbonyl (C=O) groups is 1. The van der Waals surface area contributed by atoms with Gasteiger partial charge in [0.25, 0.3) is 5.91 Å². The largest absolute Gasteiger partial charge is 0.484 e. The van der Waals surface area contributed by atoms with Crippen molar-refractivity contribution < 1.29 is 14.3 Å². The van der Waals surface area contributed by atoms with Crippen molar-refractivity contribution >= 4 is 34.0 Å². The van der Waals surface area contributed by atoms with Crippen molar-refractivity contribution in [3.8, 4) is 17.0 Å². The minimum absolute atomic E-state index is 0.0977. The smallest absolute Gasteiger partial charge is 0.264 e. The second kappa shape index (κ2) is 10.4. The molecule has 8 heteroatoms. The second-order valence-corrected chi connectivity index (χ2v) is 9.21. The van der Waals surface area contributed by atoms with E-state index < -0.39 is 0 Å². The van der Waals surface area contributed by atoms with Gasteiger partial charge in [-0.25, -0.2) is 4.98 Å². The third kappa shape index (κ3) is 5.66. The first-order valence-electron chi connectivity index (χ1n) is 10.5. The standard InChI is InChI=1S/C24H26ClN3O3S/c1-16-12-19(13-17(2)22(16)25)31-15-21(29)26-24-27-23(18-6-4-3-5-7-18)20(32-24)14-28-8-10-30-11-9-28/h3-7,12-13H,8-11,14-15H2,1-2H3,(H,26,27,29). The highest BCUT2D eigenvalue weighted by molar-refractivity contribution is 7.16. The summed E-state index contributed by atoms with van der Waals surface area (Å²) in [4.78, 5) is 20.8. The molecule has 0 bridgehead atoms. The number of morpholine rings is 1. The van der Waals surface area contributed by atoms with Crippen LogP contribution in [-0.2, 0) is 16.1 Å². The van der Waals surface area contributed by atoms with Gasteiger partial charge in [-0.05, 0) is 37.1 Å². The number of thiazole rings is 1. The molecule has 1 aliphatic rings. The number of halogens is 1. The summed E-state index contributed by atoms with van der Waals surface area (Å²) >= 11 is 7.71. The summed E-state index contributed by atoms with van der Waals surface area (Å²) in [7, 11) is 0. The number of carbonyl (C=O) groups excluding carboxylic acids is 1. The monoisotopic (exact) mass is 471 g/mol. The summed E-state index contributed by atoms with van der Waals surface area (Å²) in [6, 6.07) is 13.7. The first-order chi connectivity index (χ1) is 15.5. The molecule has 2 aromatic carbocycles. The van der Waals surface area contributed by atoms with Crippen LogP contribution in [0.3, 0.4) is 0 Å². The number of aromatic nitrogens is 1. The number of benzene rings is 2. The lowest BCUT2D eigenvalue weighted by atomic mass is 10.1. The van der Waals surface area contributed by atoms with E-state index in [1.54, 1.807) is 0 Å². The number of anilines is 1. The molecule has 1 fully saturated rings. The van der Waals surface area contributed by atoms with Crippen LogP contribution in [0.25, 0.3) is 11.3 Å². The number of nitrogens with zero attached hydrogens (tertiary/aromatic N) is 2. The van der Waals surface area contributed by atoms with Gasteiger partial charge in [-0.2, -0.15) is 0 Å². The molecule has 0 atom stereocenters. The molecule has 1 aromatic heterocycles. The molecule has 3 aromatic rings. The molecular formula is C24H26ClN3O3S. The van der Waals surface area contributed by atoms with Gasteiger partial charge in [0.05, 0.1) is 18.9 Å². The molecule has 0 aliphatic carbocycles. The van der Waals surface area contributed by atoms with Crippen molar-refractivity contribution in [1.29, 1.82) is 0 Å². The lowest BCUT2D eigenvalue weighted by molar-refractivity contribution is -0.118. The fraction of sp³-hybridized carbons (Fsp3) is 0.333. The van der Waals surface area contributed by atoms with Gasteiger partial charge in [0.1, 0.15) is 5.75 Å². The average molecular weight is 472 g/mol. The molecule has 0 radical (unpaired) electrons. The maximum atomic E-state index is 12.5. The normalized spacial score (nSPS) is 14.3. The van der Waals surface area contributed by atoms with E-state index in [0.717, 1.165) is 60.1 Å². The number of hydrogen-bond donors (Lipinski definition) is 1. The number of aryl methyl sites for hydroxylation is 2. The van der Waals surface area contributed by atoms with E-state index in [9.17, 15) is 4.79 Å². The first kappa shape index (κ1) is 22.7. The van der Waals surface area contributed by atoms with Gasteiger partial charge in [0.15, 0.2) is 11.7 Å². The van der Waals surface area contributed by atoms with E-state index in [2.05, 4.69) is 10.2 Å². The zero-order chi connectivity index (χ0) is 22.5. The Labute approximate surface area is 197 Å². The SMILES string of the molecule is Cc1cc(OCC(=O)Nc2nc(-c3ccccc3)c(CN3CCOCC3)s2)cc(C)c1Cl. The summed E-state index contributed by atoms with van der Waals surface area (Å²) < 4.78 is 11.1. The molecule has 1 aliphatic heterocycles. The molecule has 6 nitrogen and oxygen atoms in total. The maximum absolute atomic E-state index is 12.5. The van der Waals surface area contributed by atoms with Crippen LogP contribution in [0.2, 0.25) is 5.02 Å². The van der Waals surface area contributed by atoms with E-state index in [4.69, 9.17) is 26.1 Å². The van der Waals surface area contributed by atoms with Gasteiger partial charge in [0.2, 0.25) is 0 Å². The summed E-state index contributed by atoms with van der Waals surface area (Å²) in [6.07, 6.45) is 0. The van der Waals surface area contributed by atoms with E-state index in [0.29, 0.717) is 15.9 Å². The molecule has 1 N–H and O–H groups in total. The molecule has 1 saturated heterocycles. The van der Waals surface area contributed by atoms with Crippen molar-refractivity contribution in [2.45, 2.75) is 20.4 Å². The van der Waals surface area contributed by atoms with Crippen LogP contribution in [0, 0.1) is 13.8 Å². The number of ether oxygens (including phenoxy) is 2. The van der Waals surface area contributed by atoms with Crippen LogP contribution in [-0.4, -0.2) is 48.7 Å². The molecule has 0 saturated carbocycles. The molecule has 1 amide bonds. The van der Waals surface area contributed by atoms with Crippen LogP contribution in [0.1, 0.15) is 16.0 Å². The molecule has 4 rings (SSSR count). The quantitative estimate of drug-likeness (QED) is 0.529. The van der Waals surface area contributed by atoms with Crippen LogP contribution in [0.5, 0.6) is 5.75 Å². The Bertz CT molecular complexity index is 1060. The first-order valence-corrected chi connectivity index (χ1v) is 11.7. The number of amides is 1. The maximum Gasteiger partial charge on any atom is 0.264 e. The van der Waals surface area contributed by atoms with Crippen molar-refractivity contribution in [2.24, 2.45) is 0 Å². The van der Waals surface area contributed by atoms with Crippen molar-refractivity contribution in [2.75, 3.05) is 38.2 Å². The van der Waals surface area contributed by atoms with Crippen molar-refractivity contribution in [3.05, 3.63) is 63.5 Å². The Morgan fingerprint density at radius 2 is 1.88 bits per heavy atom. The van der Waals surface area contributed by atoms with E-state index in [1.807, 2.05) is 56.3 Å². The predicted molar refractivity (Wildman–Crippen MR) is 129 cm³/mol. The molecule has 2 heterocycles. The number of nitrogens with one attached hydrogen (secondary N) is 1. The molecule has 168 valence electrons. The lowest BCUT2D eigenvalue weighted by Crippen LogP contribution is -2.35. The Morgan fingerprint density at radius 1 is 1.19 bits per heavy atom. The van der Waals surface area contributed by atoms with Crippen molar-refractivity contribution in [3.63, 3.8) is 0 Å². The second-order valence-electron chi connectivity index (χ2n) is 7.75. The summed E-state index contributed by atoms with van der Waals surface area (Å²) in [6.45, 7) is 7.77. The van der Waals surface area contributed by atoms with Crippen LogP contribution < -0.4 is 10.1 Å². The average Bonchev–Trinajstić information content (AvgIpc) is 3.19. The van der Waals surface area contributed by atoms with Crippen molar-refractivity contribution in [1.82, 2.24) is 9.88 Å². The summed E-state index contributed by atoms with van der Waals surface area (Å²) in [5.41, 5.74) is 3.78. The Morgan fingerprint density at radius 3 is 2.56 bits per heavy atom. The third-order valence-electron chi connectivity index (χ3n) is 5.24. The zero-order valence-electron chi connectivity index (χ0n) is 18.2.